The molecule has 1 saturated heterocycles. The first-order valence-corrected chi connectivity index (χ1v) is 6.63. The van der Waals surface area contributed by atoms with Crippen molar-refractivity contribution in [2.24, 2.45) is 0 Å². The molecule has 0 amide bonds. The molecule has 0 unspecified atom stereocenters. The van der Waals surface area contributed by atoms with Crippen LogP contribution in [0.25, 0.3) is 0 Å². The standard InChI is InChI=1S/C13H16ClF3N2.ClH/c14-10-7-9(1-2-11(10)15)12(8-13(16)17)19-5-3-18-4-6-19;/h1-2,7,12-13,18H,3-6,8H2;1H/t12-;/m0./s1. The minimum atomic E-state index is -2.40. The van der Waals surface area contributed by atoms with Crippen LogP contribution in [-0.4, -0.2) is 37.5 Å². The van der Waals surface area contributed by atoms with Crippen LogP contribution in [0.2, 0.25) is 5.02 Å². The summed E-state index contributed by atoms with van der Waals surface area (Å²) < 4.78 is 38.7. The predicted octanol–water partition coefficient (Wildman–Crippen LogP) is 3.50. The quantitative estimate of drug-likeness (QED) is 0.910. The van der Waals surface area contributed by atoms with Crippen LogP contribution < -0.4 is 5.32 Å². The van der Waals surface area contributed by atoms with Crippen molar-refractivity contribution in [3.63, 3.8) is 0 Å². The Hall–Kier alpha value is -0.490. The number of piperazine rings is 1. The molecule has 2 nitrogen and oxygen atoms in total. The molecule has 1 aromatic carbocycles. The molecule has 20 heavy (non-hydrogen) atoms. The molecule has 1 heterocycles. The van der Waals surface area contributed by atoms with Crippen LogP contribution in [0.5, 0.6) is 0 Å². The molecule has 1 aliphatic rings. The van der Waals surface area contributed by atoms with Gasteiger partial charge in [-0.1, -0.05) is 17.7 Å². The van der Waals surface area contributed by atoms with E-state index in [1.54, 1.807) is 0 Å². The van der Waals surface area contributed by atoms with Gasteiger partial charge in [0.15, 0.2) is 0 Å². The molecule has 1 atom stereocenters. The second-order valence-electron chi connectivity index (χ2n) is 4.60. The molecular formula is C13H17Cl2F3N2. The van der Waals surface area contributed by atoms with Crippen LogP contribution in [0.1, 0.15) is 18.0 Å². The lowest BCUT2D eigenvalue weighted by atomic mass is 10.0. The lowest BCUT2D eigenvalue weighted by Crippen LogP contribution is -2.45. The third-order valence-corrected chi connectivity index (χ3v) is 3.61. The van der Waals surface area contributed by atoms with Gasteiger partial charge < -0.3 is 5.32 Å². The van der Waals surface area contributed by atoms with Crippen molar-refractivity contribution in [1.82, 2.24) is 10.2 Å². The van der Waals surface area contributed by atoms with Crippen molar-refractivity contribution >= 4 is 24.0 Å². The molecule has 0 spiro atoms. The zero-order valence-corrected chi connectivity index (χ0v) is 12.4. The molecular weight excluding hydrogens is 312 g/mol. The fraction of sp³-hybridized carbons (Fsp3) is 0.538. The third-order valence-electron chi connectivity index (χ3n) is 3.32. The van der Waals surface area contributed by atoms with Crippen LogP contribution >= 0.6 is 24.0 Å². The van der Waals surface area contributed by atoms with Crippen molar-refractivity contribution in [3.8, 4) is 0 Å². The van der Waals surface area contributed by atoms with Gasteiger partial charge in [-0.25, -0.2) is 13.2 Å². The Morgan fingerprint density at radius 2 is 1.90 bits per heavy atom. The van der Waals surface area contributed by atoms with Gasteiger partial charge >= 0.3 is 0 Å². The van der Waals surface area contributed by atoms with Gasteiger partial charge in [-0.05, 0) is 17.7 Å². The number of hydrogen-bond donors (Lipinski definition) is 1. The average molecular weight is 329 g/mol. The second-order valence-corrected chi connectivity index (χ2v) is 5.01. The molecule has 0 bridgehead atoms. The van der Waals surface area contributed by atoms with Crippen LogP contribution in [0.15, 0.2) is 18.2 Å². The van der Waals surface area contributed by atoms with Gasteiger partial charge in [0, 0.05) is 38.6 Å². The third kappa shape index (κ3) is 4.52. The highest BCUT2D eigenvalue weighted by atomic mass is 35.5. The molecule has 0 saturated carbocycles. The molecule has 1 aliphatic heterocycles. The number of benzene rings is 1. The van der Waals surface area contributed by atoms with E-state index >= 15 is 0 Å². The number of rotatable bonds is 4. The smallest absolute Gasteiger partial charge is 0.240 e. The summed E-state index contributed by atoms with van der Waals surface area (Å²) in [5, 5.41) is 3.16. The molecule has 0 radical (unpaired) electrons. The van der Waals surface area contributed by atoms with Gasteiger partial charge in [-0.2, -0.15) is 0 Å². The van der Waals surface area contributed by atoms with Crippen molar-refractivity contribution in [1.29, 1.82) is 0 Å². The van der Waals surface area contributed by atoms with Gasteiger partial charge in [0.25, 0.3) is 0 Å². The van der Waals surface area contributed by atoms with E-state index in [4.69, 9.17) is 11.6 Å². The van der Waals surface area contributed by atoms with Crippen LogP contribution in [0.3, 0.4) is 0 Å². The Labute approximate surface area is 127 Å². The first-order valence-electron chi connectivity index (χ1n) is 6.26. The molecule has 2 rings (SSSR count). The average Bonchev–Trinajstić information content (AvgIpc) is 2.40. The van der Waals surface area contributed by atoms with Crippen molar-refractivity contribution in [3.05, 3.63) is 34.6 Å². The minimum absolute atomic E-state index is 0. The summed E-state index contributed by atoms with van der Waals surface area (Å²) in [6, 6.07) is 3.81. The molecule has 0 aromatic heterocycles. The van der Waals surface area contributed by atoms with E-state index in [2.05, 4.69) is 5.32 Å². The molecule has 0 aliphatic carbocycles. The van der Waals surface area contributed by atoms with E-state index in [0.29, 0.717) is 18.7 Å². The Bertz CT molecular complexity index is 426. The first-order chi connectivity index (χ1) is 9.08. The fourth-order valence-corrected chi connectivity index (χ4v) is 2.57. The normalized spacial score (nSPS) is 17.9. The summed E-state index contributed by atoms with van der Waals surface area (Å²) in [5.41, 5.74) is 0.647. The van der Waals surface area contributed by atoms with Crippen molar-refractivity contribution in [2.75, 3.05) is 26.2 Å². The van der Waals surface area contributed by atoms with Crippen LogP contribution in [-0.2, 0) is 0 Å². The lowest BCUT2D eigenvalue weighted by Gasteiger charge is -2.35. The Balaban J connectivity index is 0.00000200. The van der Waals surface area contributed by atoms with Gasteiger partial charge in [0.1, 0.15) is 5.82 Å². The number of halogens is 5. The zero-order valence-electron chi connectivity index (χ0n) is 10.8. The van der Waals surface area contributed by atoms with Crippen LogP contribution in [0.4, 0.5) is 13.2 Å². The number of alkyl halides is 2. The van der Waals surface area contributed by atoms with Gasteiger partial charge in [-0.15, -0.1) is 12.4 Å². The number of nitrogens with zero attached hydrogens (tertiary/aromatic N) is 1. The van der Waals surface area contributed by atoms with Crippen molar-refractivity contribution in [2.45, 2.75) is 18.9 Å². The van der Waals surface area contributed by atoms with Gasteiger partial charge in [-0.3, -0.25) is 4.90 Å². The van der Waals surface area contributed by atoms with Gasteiger partial charge in [0.2, 0.25) is 6.43 Å². The summed E-state index contributed by atoms with van der Waals surface area (Å²) in [5.74, 6) is -0.526. The largest absolute Gasteiger partial charge is 0.314 e. The van der Waals surface area contributed by atoms with Crippen LogP contribution in [0, 0.1) is 5.82 Å². The van der Waals surface area contributed by atoms with E-state index < -0.39 is 18.3 Å². The first kappa shape index (κ1) is 17.6. The van der Waals surface area contributed by atoms with Crippen molar-refractivity contribution < 1.29 is 13.2 Å². The summed E-state index contributed by atoms with van der Waals surface area (Å²) in [6.07, 6.45) is -2.66. The molecule has 114 valence electrons. The monoisotopic (exact) mass is 328 g/mol. The SMILES string of the molecule is Cl.Fc1ccc([C@H](CC(F)F)N2CCNCC2)cc1Cl. The topological polar surface area (TPSA) is 15.3 Å². The summed E-state index contributed by atoms with van der Waals surface area (Å²) in [4.78, 5) is 1.99. The summed E-state index contributed by atoms with van der Waals surface area (Å²) in [6.45, 7) is 2.95. The Morgan fingerprint density at radius 3 is 2.45 bits per heavy atom. The Morgan fingerprint density at radius 1 is 1.25 bits per heavy atom. The van der Waals surface area contributed by atoms with E-state index in [-0.39, 0.29) is 23.9 Å². The van der Waals surface area contributed by atoms with E-state index in [1.807, 2.05) is 4.90 Å². The fourth-order valence-electron chi connectivity index (χ4n) is 2.38. The van der Waals surface area contributed by atoms with Gasteiger partial charge in [0.05, 0.1) is 5.02 Å². The second kappa shape index (κ2) is 8.08. The Kier molecular flexibility index (Phi) is 7.09. The highest BCUT2D eigenvalue weighted by molar-refractivity contribution is 6.30. The van der Waals surface area contributed by atoms with E-state index in [9.17, 15) is 13.2 Å². The van der Waals surface area contributed by atoms with E-state index in [1.165, 1.54) is 18.2 Å². The predicted molar refractivity (Wildman–Crippen MR) is 76.5 cm³/mol. The lowest BCUT2D eigenvalue weighted by molar-refractivity contribution is 0.0739. The number of nitrogens with one attached hydrogen (secondary N) is 1. The highest BCUT2D eigenvalue weighted by Crippen LogP contribution is 2.30. The summed E-state index contributed by atoms with van der Waals surface area (Å²) in [7, 11) is 0. The minimum Gasteiger partial charge on any atom is -0.314 e. The molecule has 1 aromatic rings. The molecule has 1 fully saturated rings. The summed E-state index contributed by atoms with van der Waals surface area (Å²) >= 11 is 5.74. The maximum Gasteiger partial charge on any atom is 0.240 e. The number of hydrogen-bond acceptors (Lipinski definition) is 2. The maximum atomic E-state index is 13.2. The molecule has 7 heteroatoms. The zero-order chi connectivity index (χ0) is 13.8. The maximum absolute atomic E-state index is 13.2. The van der Waals surface area contributed by atoms with E-state index in [0.717, 1.165) is 13.1 Å². The molecule has 1 N–H and O–H groups in total. The highest BCUT2D eigenvalue weighted by Gasteiger charge is 2.25.